The predicted molar refractivity (Wildman–Crippen MR) is 101 cm³/mol. The minimum Gasteiger partial charge on any atom is -0.268 e. The molecule has 0 radical (unpaired) electrons. The number of nitrogens with zero attached hydrogens (tertiary/aromatic N) is 1. The van der Waals surface area contributed by atoms with E-state index in [9.17, 15) is 9.59 Å². The predicted octanol–water partition coefficient (Wildman–Crippen LogP) is 5.85. The van der Waals surface area contributed by atoms with E-state index < -0.39 is 0 Å². The molecule has 2 aromatic carbocycles. The molecule has 2 aromatic rings. The molecule has 0 bridgehead atoms. The second-order valence-electron chi connectivity index (χ2n) is 5.44. The summed E-state index contributed by atoms with van der Waals surface area (Å²) in [6, 6.07) is 10.8. The van der Waals surface area contributed by atoms with Crippen LogP contribution in [-0.2, 0) is 4.79 Å². The normalized spacial score (nSPS) is 16.3. The number of imide groups is 1. The quantitative estimate of drug-likeness (QED) is 0.615. The number of halogens is 2. The van der Waals surface area contributed by atoms with E-state index >= 15 is 0 Å². The number of thioether (sulfide) groups is 1. The third-order valence-corrected chi connectivity index (χ3v) is 5.20. The van der Waals surface area contributed by atoms with Crippen molar-refractivity contribution in [3.8, 4) is 0 Å². The molecule has 0 aliphatic carbocycles. The van der Waals surface area contributed by atoms with E-state index in [-0.39, 0.29) is 11.1 Å². The van der Waals surface area contributed by atoms with Gasteiger partial charge in [0.1, 0.15) is 0 Å². The Labute approximate surface area is 154 Å². The molecule has 1 fully saturated rings. The number of carbonyl (C=O) groups excluding carboxylic acids is 2. The van der Waals surface area contributed by atoms with Crippen molar-refractivity contribution in [3.05, 3.63) is 68.0 Å². The van der Waals surface area contributed by atoms with E-state index in [0.717, 1.165) is 22.9 Å². The monoisotopic (exact) mass is 377 g/mol. The Morgan fingerprint density at radius 1 is 1.04 bits per heavy atom. The average molecular weight is 378 g/mol. The molecule has 1 saturated heterocycles. The van der Waals surface area contributed by atoms with Crippen molar-refractivity contribution in [2.75, 3.05) is 4.90 Å². The van der Waals surface area contributed by atoms with E-state index in [0.29, 0.717) is 26.2 Å². The van der Waals surface area contributed by atoms with Crippen LogP contribution in [0, 0.1) is 13.8 Å². The summed E-state index contributed by atoms with van der Waals surface area (Å²) in [5.74, 6) is -0.366. The van der Waals surface area contributed by atoms with Gasteiger partial charge in [0.15, 0.2) is 0 Å². The Bertz CT molecular complexity index is 872. The molecule has 24 heavy (non-hydrogen) atoms. The Balaban J connectivity index is 2.04. The zero-order valence-corrected chi connectivity index (χ0v) is 15.3. The number of anilines is 1. The average Bonchev–Trinajstić information content (AvgIpc) is 2.80. The third-order valence-electron chi connectivity index (χ3n) is 3.67. The molecule has 122 valence electrons. The van der Waals surface area contributed by atoms with Gasteiger partial charge in [-0.15, -0.1) is 0 Å². The van der Waals surface area contributed by atoms with Crippen molar-refractivity contribution in [2.24, 2.45) is 0 Å². The summed E-state index contributed by atoms with van der Waals surface area (Å²) >= 11 is 13.2. The fraction of sp³-hybridized carbons (Fsp3) is 0.111. The third kappa shape index (κ3) is 3.09. The summed E-state index contributed by atoms with van der Waals surface area (Å²) in [4.78, 5) is 26.6. The van der Waals surface area contributed by atoms with Gasteiger partial charge >= 0.3 is 0 Å². The van der Waals surface area contributed by atoms with Crippen molar-refractivity contribution in [2.45, 2.75) is 13.8 Å². The first-order valence-corrected chi connectivity index (χ1v) is 8.75. The highest BCUT2D eigenvalue weighted by atomic mass is 35.5. The summed E-state index contributed by atoms with van der Waals surface area (Å²) in [5, 5.41) is 0.533. The standard InChI is InChI=1S/C18H13Cl2NO2S/c1-10-6-7-11(2)15(8-10)21-17(22)16(24-18(21)23)9-12-13(19)4-3-5-14(12)20/h3-9H,1-2H3/b16-9-. The molecule has 0 unspecified atom stereocenters. The second kappa shape index (κ2) is 6.63. The van der Waals surface area contributed by atoms with E-state index in [1.165, 1.54) is 4.90 Å². The fourth-order valence-corrected chi connectivity index (χ4v) is 3.74. The van der Waals surface area contributed by atoms with Crippen LogP contribution in [-0.4, -0.2) is 11.1 Å². The molecule has 1 aliphatic heterocycles. The molecule has 0 atom stereocenters. The van der Waals surface area contributed by atoms with Crippen LogP contribution in [0.2, 0.25) is 10.0 Å². The molecular formula is C18H13Cl2NO2S. The van der Waals surface area contributed by atoms with E-state index in [4.69, 9.17) is 23.2 Å². The van der Waals surface area contributed by atoms with Crippen molar-refractivity contribution >= 4 is 57.9 Å². The molecule has 6 heteroatoms. The molecule has 0 aromatic heterocycles. The number of hydrogen-bond acceptors (Lipinski definition) is 3. The number of rotatable bonds is 2. The van der Waals surface area contributed by atoms with Gasteiger partial charge in [-0.05, 0) is 61.0 Å². The second-order valence-corrected chi connectivity index (χ2v) is 7.25. The van der Waals surface area contributed by atoms with Gasteiger partial charge in [0.2, 0.25) is 0 Å². The van der Waals surface area contributed by atoms with Gasteiger partial charge in [0.25, 0.3) is 11.1 Å². The van der Waals surface area contributed by atoms with Crippen molar-refractivity contribution in [1.29, 1.82) is 0 Å². The van der Waals surface area contributed by atoms with Crippen molar-refractivity contribution in [3.63, 3.8) is 0 Å². The Kier molecular flexibility index (Phi) is 4.72. The first-order valence-electron chi connectivity index (χ1n) is 7.17. The highest BCUT2D eigenvalue weighted by Gasteiger charge is 2.37. The first kappa shape index (κ1) is 17.1. The minimum atomic E-state index is -0.366. The Morgan fingerprint density at radius 2 is 1.71 bits per heavy atom. The lowest BCUT2D eigenvalue weighted by atomic mass is 10.1. The summed E-state index contributed by atoms with van der Waals surface area (Å²) in [6.45, 7) is 3.79. The van der Waals surface area contributed by atoms with Gasteiger partial charge < -0.3 is 0 Å². The molecule has 0 spiro atoms. The van der Waals surface area contributed by atoms with Gasteiger partial charge in [-0.2, -0.15) is 0 Å². The molecule has 0 N–H and O–H groups in total. The van der Waals surface area contributed by atoms with E-state index in [2.05, 4.69) is 0 Å². The first-order chi connectivity index (χ1) is 11.4. The van der Waals surface area contributed by atoms with Gasteiger partial charge in [-0.1, -0.05) is 41.4 Å². The van der Waals surface area contributed by atoms with Crippen LogP contribution < -0.4 is 4.90 Å². The van der Waals surface area contributed by atoms with Crippen molar-refractivity contribution < 1.29 is 9.59 Å². The highest BCUT2D eigenvalue weighted by molar-refractivity contribution is 8.19. The summed E-state index contributed by atoms with van der Waals surface area (Å²) < 4.78 is 0. The van der Waals surface area contributed by atoms with E-state index in [1.54, 1.807) is 24.3 Å². The van der Waals surface area contributed by atoms with Gasteiger partial charge in [0, 0.05) is 15.6 Å². The number of aryl methyl sites for hydroxylation is 2. The van der Waals surface area contributed by atoms with Crippen LogP contribution in [0.1, 0.15) is 16.7 Å². The molecule has 3 nitrogen and oxygen atoms in total. The summed E-state index contributed by atoms with van der Waals surface area (Å²) in [6.07, 6.45) is 1.57. The highest BCUT2D eigenvalue weighted by Crippen LogP contribution is 2.39. The van der Waals surface area contributed by atoms with Gasteiger partial charge in [0.05, 0.1) is 10.6 Å². The summed E-state index contributed by atoms with van der Waals surface area (Å²) in [7, 11) is 0. The summed E-state index contributed by atoms with van der Waals surface area (Å²) in [5.41, 5.74) is 2.98. The number of amides is 2. The zero-order valence-electron chi connectivity index (χ0n) is 13.0. The lowest BCUT2D eigenvalue weighted by Crippen LogP contribution is -2.28. The largest absolute Gasteiger partial charge is 0.298 e. The number of carbonyl (C=O) groups is 2. The zero-order chi connectivity index (χ0) is 17.4. The lowest BCUT2D eigenvalue weighted by molar-refractivity contribution is -0.113. The molecule has 1 aliphatic rings. The fourth-order valence-electron chi connectivity index (χ4n) is 2.42. The molecule has 2 amide bonds. The molecule has 1 heterocycles. The maximum Gasteiger partial charge on any atom is 0.298 e. The smallest absolute Gasteiger partial charge is 0.268 e. The molecule has 3 rings (SSSR count). The lowest BCUT2D eigenvalue weighted by Gasteiger charge is -2.16. The maximum absolute atomic E-state index is 12.7. The van der Waals surface area contributed by atoms with Gasteiger partial charge in [-0.3, -0.25) is 9.59 Å². The Hall–Kier alpha value is -1.75. The van der Waals surface area contributed by atoms with Crippen molar-refractivity contribution in [1.82, 2.24) is 0 Å². The van der Waals surface area contributed by atoms with Crippen LogP contribution in [0.5, 0.6) is 0 Å². The van der Waals surface area contributed by atoms with Crippen LogP contribution >= 0.6 is 35.0 Å². The van der Waals surface area contributed by atoms with Gasteiger partial charge in [-0.25, -0.2) is 4.90 Å². The molecular weight excluding hydrogens is 365 g/mol. The topological polar surface area (TPSA) is 37.4 Å². The number of benzene rings is 2. The van der Waals surface area contributed by atoms with Crippen LogP contribution in [0.15, 0.2) is 41.3 Å². The molecule has 0 saturated carbocycles. The van der Waals surface area contributed by atoms with Crippen LogP contribution in [0.4, 0.5) is 10.5 Å². The minimum absolute atomic E-state index is 0.302. The Morgan fingerprint density at radius 3 is 2.38 bits per heavy atom. The van der Waals surface area contributed by atoms with Crippen LogP contribution in [0.3, 0.4) is 0 Å². The number of hydrogen-bond donors (Lipinski definition) is 0. The SMILES string of the molecule is Cc1ccc(C)c(N2C(=O)S/C(=C\c3c(Cl)cccc3Cl)C2=O)c1. The van der Waals surface area contributed by atoms with E-state index in [1.807, 2.05) is 32.0 Å². The van der Waals surface area contributed by atoms with Crippen LogP contribution in [0.25, 0.3) is 6.08 Å². The maximum atomic E-state index is 12.7.